The average Bonchev–Trinajstić information content (AvgIpc) is 2.07. The van der Waals surface area contributed by atoms with Gasteiger partial charge in [0.05, 0.1) is 10.4 Å². The summed E-state index contributed by atoms with van der Waals surface area (Å²) in [6, 6.07) is 0. The van der Waals surface area contributed by atoms with Gasteiger partial charge in [0, 0.05) is 6.54 Å². The zero-order chi connectivity index (χ0) is 11.6. The molecule has 1 amide bonds. The first-order valence-corrected chi connectivity index (χ1v) is 5.87. The molecular formula is C11H20N2OS. The molecule has 0 aliphatic heterocycles. The Hall–Kier alpha value is -0.640. The molecule has 3 N–H and O–H groups in total. The van der Waals surface area contributed by atoms with Crippen molar-refractivity contribution in [3.63, 3.8) is 0 Å². The maximum Gasteiger partial charge on any atom is 0.233 e. The summed E-state index contributed by atoms with van der Waals surface area (Å²) >= 11 is 5.01. The molecule has 4 heteroatoms. The molecule has 1 fully saturated rings. The van der Waals surface area contributed by atoms with Crippen LogP contribution in [-0.2, 0) is 4.79 Å². The summed E-state index contributed by atoms with van der Waals surface area (Å²) in [4.78, 5) is 12.3. The molecule has 0 atom stereocenters. The highest BCUT2D eigenvalue weighted by Gasteiger charge is 2.50. The van der Waals surface area contributed by atoms with Gasteiger partial charge in [-0.2, -0.15) is 0 Å². The Morgan fingerprint density at radius 3 is 2.47 bits per heavy atom. The molecule has 0 aromatic heterocycles. The molecule has 0 saturated heterocycles. The molecule has 3 nitrogen and oxygen atoms in total. The van der Waals surface area contributed by atoms with Crippen LogP contribution in [0.5, 0.6) is 0 Å². The van der Waals surface area contributed by atoms with Crippen LogP contribution in [-0.4, -0.2) is 17.4 Å². The van der Waals surface area contributed by atoms with E-state index in [9.17, 15) is 4.79 Å². The molecule has 15 heavy (non-hydrogen) atoms. The Morgan fingerprint density at radius 1 is 1.60 bits per heavy atom. The molecule has 0 spiro atoms. The number of hydrogen-bond acceptors (Lipinski definition) is 2. The van der Waals surface area contributed by atoms with Gasteiger partial charge >= 0.3 is 0 Å². The highest BCUT2D eigenvalue weighted by molar-refractivity contribution is 7.80. The third kappa shape index (κ3) is 2.48. The molecule has 86 valence electrons. The van der Waals surface area contributed by atoms with Crippen molar-refractivity contribution in [2.75, 3.05) is 6.54 Å². The van der Waals surface area contributed by atoms with Crippen molar-refractivity contribution in [3.05, 3.63) is 0 Å². The van der Waals surface area contributed by atoms with E-state index in [-0.39, 0.29) is 5.91 Å². The molecule has 0 radical (unpaired) electrons. The Balaban J connectivity index is 2.59. The minimum Gasteiger partial charge on any atom is -0.392 e. The van der Waals surface area contributed by atoms with Gasteiger partial charge in [-0.25, -0.2) is 0 Å². The maximum atomic E-state index is 12.0. The lowest BCUT2D eigenvalue weighted by molar-refractivity contribution is -0.133. The predicted molar refractivity (Wildman–Crippen MR) is 65.5 cm³/mol. The number of thiocarbonyl (C=S) groups is 1. The van der Waals surface area contributed by atoms with Gasteiger partial charge in [-0.05, 0) is 24.7 Å². The van der Waals surface area contributed by atoms with E-state index >= 15 is 0 Å². The lowest BCUT2D eigenvalue weighted by Gasteiger charge is -2.44. The van der Waals surface area contributed by atoms with Crippen LogP contribution in [0.2, 0.25) is 0 Å². The van der Waals surface area contributed by atoms with Crippen LogP contribution in [0.1, 0.15) is 33.6 Å². The summed E-state index contributed by atoms with van der Waals surface area (Å²) in [5.74, 6) is 1.02. The highest BCUT2D eigenvalue weighted by atomic mass is 32.1. The van der Waals surface area contributed by atoms with Gasteiger partial charge in [0.25, 0.3) is 0 Å². The first kappa shape index (κ1) is 12.4. The summed E-state index contributed by atoms with van der Waals surface area (Å²) in [6.45, 7) is 6.94. The molecule has 0 aromatic rings. The van der Waals surface area contributed by atoms with Crippen LogP contribution in [0.25, 0.3) is 0 Å². The van der Waals surface area contributed by atoms with Crippen LogP contribution in [0.15, 0.2) is 0 Å². The minimum atomic E-state index is -0.552. The molecular weight excluding hydrogens is 208 g/mol. The number of rotatable bonds is 4. The van der Waals surface area contributed by atoms with Gasteiger partial charge in [0.2, 0.25) is 5.91 Å². The van der Waals surface area contributed by atoms with E-state index in [1.54, 1.807) is 0 Å². The normalized spacial score (nSPS) is 29.7. The predicted octanol–water partition coefficient (Wildman–Crippen LogP) is 1.46. The Morgan fingerprint density at radius 2 is 2.13 bits per heavy atom. The summed E-state index contributed by atoms with van der Waals surface area (Å²) < 4.78 is 0. The minimum absolute atomic E-state index is 0.0156. The van der Waals surface area contributed by atoms with Gasteiger partial charge in [-0.1, -0.05) is 33.0 Å². The number of nitrogens with two attached hydrogens (primary N) is 1. The summed E-state index contributed by atoms with van der Waals surface area (Å²) in [5.41, 5.74) is 5.12. The number of amides is 1. The van der Waals surface area contributed by atoms with Crippen molar-refractivity contribution in [1.29, 1.82) is 0 Å². The van der Waals surface area contributed by atoms with E-state index in [0.717, 1.165) is 12.8 Å². The van der Waals surface area contributed by atoms with Gasteiger partial charge in [0.1, 0.15) is 0 Å². The molecule has 0 bridgehead atoms. The van der Waals surface area contributed by atoms with Crippen molar-refractivity contribution < 1.29 is 4.79 Å². The van der Waals surface area contributed by atoms with Gasteiger partial charge in [-0.15, -0.1) is 0 Å². The SMILES string of the molecule is CC(C)CNC(=O)C1(C(N)=S)CC(C)C1. The molecule has 1 rings (SSSR count). The first-order valence-electron chi connectivity index (χ1n) is 5.46. The fourth-order valence-corrected chi connectivity index (χ4v) is 2.35. The van der Waals surface area contributed by atoms with Crippen LogP contribution in [0.3, 0.4) is 0 Å². The first-order chi connectivity index (χ1) is 6.88. The molecule has 1 aliphatic carbocycles. The Bertz CT molecular complexity index is 270. The fraction of sp³-hybridized carbons (Fsp3) is 0.818. The third-order valence-electron chi connectivity index (χ3n) is 2.97. The molecule has 1 saturated carbocycles. The zero-order valence-corrected chi connectivity index (χ0v) is 10.5. The van der Waals surface area contributed by atoms with Crippen LogP contribution in [0.4, 0.5) is 0 Å². The second kappa shape index (κ2) is 4.47. The molecule has 0 heterocycles. The summed E-state index contributed by atoms with van der Waals surface area (Å²) in [5, 5.41) is 2.92. The van der Waals surface area contributed by atoms with E-state index in [4.69, 9.17) is 18.0 Å². The summed E-state index contributed by atoms with van der Waals surface area (Å²) in [6.07, 6.45) is 1.60. The maximum absolute atomic E-state index is 12.0. The second-order valence-electron chi connectivity index (χ2n) is 5.06. The number of nitrogens with one attached hydrogen (secondary N) is 1. The van der Waals surface area contributed by atoms with E-state index in [2.05, 4.69) is 26.1 Å². The van der Waals surface area contributed by atoms with E-state index in [1.165, 1.54) is 0 Å². The van der Waals surface area contributed by atoms with E-state index < -0.39 is 5.41 Å². The largest absolute Gasteiger partial charge is 0.392 e. The molecule has 1 aliphatic rings. The smallest absolute Gasteiger partial charge is 0.233 e. The average molecular weight is 228 g/mol. The van der Waals surface area contributed by atoms with Gasteiger partial charge < -0.3 is 11.1 Å². The zero-order valence-electron chi connectivity index (χ0n) is 9.67. The molecule has 0 aromatic carbocycles. The topological polar surface area (TPSA) is 55.1 Å². The fourth-order valence-electron chi connectivity index (χ4n) is 2.09. The highest BCUT2D eigenvalue weighted by Crippen LogP contribution is 2.45. The van der Waals surface area contributed by atoms with Gasteiger partial charge in [0.15, 0.2) is 0 Å². The second-order valence-corrected chi connectivity index (χ2v) is 5.50. The quantitative estimate of drug-likeness (QED) is 0.716. The number of hydrogen-bond donors (Lipinski definition) is 2. The van der Waals surface area contributed by atoms with E-state index in [1.807, 2.05) is 0 Å². The number of carbonyl (C=O) groups is 1. The Kier molecular flexibility index (Phi) is 3.71. The van der Waals surface area contributed by atoms with Crippen LogP contribution >= 0.6 is 12.2 Å². The lowest BCUT2D eigenvalue weighted by Crippen LogP contribution is -2.56. The monoisotopic (exact) mass is 228 g/mol. The molecule has 0 unspecified atom stereocenters. The van der Waals surface area contributed by atoms with Crippen LogP contribution < -0.4 is 11.1 Å². The van der Waals surface area contributed by atoms with Crippen molar-refractivity contribution in [3.8, 4) is 0 Å². The van der Waals surface area contributed by atoms with E-state index in [0.29, 0.717) is 23.4 Å². The lowest BCUT2D eigenvalue weighted by atomic mass is 9.62. The van der Waals surface area contributed by atoms with Crippen molar-refractivity contribution in [2.45, 2.75) is 33.6 Å². The van der Waals surface area contributed by atoms with Gasteiger partial charge in [-0.3, -0.25) is 4.79 Å². The number of carbonyl (C=O) groups excluding carboxylic acids is 1. The third-order valence-corrected chi connectivity index (χ3v) is 3.36. The van der Waals surface area contributed by atoms with Crippen molar-refractivity contribution in [1.82, 2.24) is 5.32 Å². The summed E-state index contributed by atoms with van der Waals surface area (Å²) in [7, 11) is 0. The standard InChI is InChI=1S/C11H20N2OS/c1-7(2)6-13-10(14)11(9(12)15)4-8(3)5-11/h7-8H,4-6H2,1-3H3,(H2,12,15)(H,13,14). The van der Waals surface area contributed by atoms with Crippen molar-refractivity contribution in [2.24, 2.45) is 23.0 Å². The Labute approximate surface area is 96.8 Å². The van der Waals surface area contributed by atoms with Crippen molar-refractivity contribution >= 4 is 23.1 Å². The van der Waals surface area contributed by atoms with Crippen LogP contribution in [0, 0.1) is 17.3 Å².